The van der Waals surface area contributed by atoms with Crippen molar-refractivity contribution in [2.45, 2.75) is 59.3 Å². The Bertz CT molecular complexity index is 165. The molecule has 0 aliphatic heterocycles. The standard InChI is InChI=1S/C12H27NO2/c1-9(10(2)15-6)13-8-11(14)7-12(3,4)5/h9-11,13-14H,7-8H2,1-6H3. The molecular formula is C12H27NO2. The van der Waals surface area contributed by atoms with Gasteiger partial charge in [0.25, 0.3) is 0 Å². The summed E-state index contributed by atoms with van der Waals surface area (Å²) in [5.41, 5.74) is 0.178. The van der Waals surface area contributed by atoms with Gasteiger partial charge in [-0.25, -0.2) is 0 Å². The molecule has 0 aromatic rings. The molecule has 15 heavy (non-hydrogen) atoms. The van der Waals surface area contributed by atoms with E-state index in [0.717, 1.165) is 6.42 Å². The molecular weight excluding hydrogens is 190 g/mol. The van der Waals surface area contributed by atoms with Crippen LogP contribution in [0.4, 0.5) is 0 Å². The van der Waals surface area contributed by atoms with Crippen LogP contribution in [-0.4, -0.2) is 37.0 Å². The molecule has 0 amide bonds. The summed E-state index contributed by atoms with van der Waals surface area (Å²) >= 11 is 0. The van der Waals surface area contributed by atoms with Gasteiger partial charge in [-0.15, -0.1) is 0 Å². The van der Waals surface area contributed by atoms with E-state index in [1.807, 2.05) is 6.92 Å². The molecule has 0 bridgehead atoms. The lowest BCUT2D eigenvalue weighted by Gasteiger charge is -2.25. The second-order valence-electron chi connectivity index (χ2n) is 5.56. The Kier molecular flexibility index (Phi) is 6.41. The first-order valence-electron chi connectivity index (χ1n) is 5.70. The molecule has 3 unspecified atom stereocenters. The highest BCUT2D eigenvalue weighted by molar-refractivity contribution is 4.74. The highest BCUT2D eigenvalue weighted by Crippen LogP contribution is 2.20. The maximum absolute atomic E-state index is 9.78. The zero-order chi connectivity index (χ0) is 12.1. The van der Waals surface area contributed by atoms with Crippen molar-refractivity contribution in [3.8, 4) is 0 Å². The van der Waals surface area contributed by atoms with Crippen molar-refractivity contribution in [3.63, 3.8) is 0 Å². The summed E-state index contributed by atoms with van der Waals surface area (Å²) in [4.78, 5) is 0. The predicted octanol–water partition coefficient (Wildman–Crippen LogP) is 1.80. The van der Waals surface area contributed by atoms with Crippen LogP contribution in [0.25, 0.3) is 0 Å². The quantitative estimate of drug-likeness (QED) is 0.713. The van der Waals surface area contributed by atoms with E-state index in [4.69, 9.17) is 4.74 Å². The van der Waals surface area contributed by atoms with Crippen LogP contribution in [0.1, 0.15) is 41.0 Å². The summed E-state index contributed by atoms with van der Waals surface area (Å²) in [6.45, 7) is 11.1. The molecule has 0 aliphatic carbocycles. The fraction of sp³-hybridized carbons (Fsp3) is 1.00. The van der Waals surface area contributed by atoms with Crippen molar-refractivity contribution < 1.29 is 9.84 Å². The summed E-state index contributed by atoms with van der Waals surface area (Å²) in [6, 6.07) is 0.268. The minimum absolute atomic E-state index is 0.173. The lowest BCUT2D eigenvalue weighted by atomic mass is 9.89. The molecule has 0 aromatic heterocycles. The SMILES string of the molecule is COC(C)C(C)NCC(O)CC(C)(C)C. The summed E-state index contributed by atoms with van der Waals surface area (Å²) in [7, 11) is 1.70. The second kappa shape index (κ2) is 6.46. The van der Waals surface area contributed by atoms with Crippen molar-refractivity contribution in [1.82, 2.24) is 5.32 Å². The van der Waals surface area contributed by atoms with Gasteiger partial charge in [-0.1, -0.05) is 20.8 Å². The summed E-state index contributed by atoms with van der Waals surface area (Å²) < 4.78 is 5.20. The van der Waals surface area contributed by atoms with Gasteiger partial charge in [0, 0.05) is 19.7 Å². The van der Waals surface area contributed by atoms with Crippen molar-refractivity contribution >= 4 is 0 Å². The van der Waals surface area contributed by atoms with Crippen molar-refractivity contribution in [2.75, 3.05) is 13.7 Å². The molecule has 0 radical (unpaired) electrons. The molecule has 2 N–H and O–H groups in total. The van der Waals surface area contributed by atoms with E-state index in [9.17, 15) is 5.11 Å². The molecule has 0 rings (SSSR count). The monoisotopic (exact) mass is 217 g/mol. The number of methoxy groups -OCH3 is 1. The summed E-state index contributed by atoms with van der Waals surface area (Å²) in [5.74, 6) is 0. The highest BCUT2D eigenvalue weighted by atomic mass is 16.5. The maximum atomic E-state index is 9.78. The molecule has 92 valence electrons. The Morgan fingerprint density at radius 3 is 2.20 bits per heavy atom. The van der Waals surface area contributed by atoms with Gasteiger partial charge in [0.1, 0.15) is 0 Å². The molecule has 0 saturated carbocycles. The Labute approximate surface area is 94.2 Å². The fourth-order valence-electron chi connectivity index (χ4n) is 1.47. The number of rotatable bonds is 6. The molecule has 0 aromatic carbocycles. The Hall–Kier alpha value is -0.120. The van der Waals surface area contributed by atoms with Crippen LogP contribution < -0.4 is 5.32 Å². The van der Waals surface area contributed by atoms with E-state index in [0.29, 0.717) is 6.54 Å². The molecule has 3 nitrogen and oxygen atoms in total. The lowest BCUT2D eigenvalue weighted by Crippen LogP contribution is -2.41. The minimum Gasteiger partial charge on any atom is -0.392 e. The number of hydrogen-bond acceptors (Lipinski definition) is 3. The van der Waals surface area contributed by atoms with E-state index >= 15 is 0 Å². The maximum Gasteiger partial charge on any atom is 0.0693 e. The highest BCUT2D eigenvalue weighted by Gasteiger charge is 2.18. The smallest absolute Gasteiger partial charge is 0.0693 e. The van der Waals surface area contributed by atoms with Crippen LogP contribution in [-0.2, 0) is 4.74 Å². The zero-order valence-corrected chi connectivity index (χ0v) is 11.0. The van der Waals surface area contributed by atoms with Gasteiger partial charge in [-0.05, 0) is 25.7 Å². The molecule has 3 heteroatoms. The van der Waals surface area contributed by atoms with Crippen molar-refractivity contribution in [3.05, 3.63) is 0 Å². The normalized spacial score (nSPS) is 18.6. The van der Waals surface area contributed by atoms with E-state index in [2.05, 4.69) is 33.0 Å². The molecule has 0 saturated heterocycles. The molecule has 0 spiro atoms. The average Bonchev–Trinajstić information content (AvgIpc) is 2.10. The molecule has 0 fully saturated rings. The zero-order valence-electron chi connectivity index (χ0n) is 11.0. The first kappa shape index (κ1) is 14.9. The first-order chi connectivity index (χ1) is 6.76. The predicted molar refractivity (Wildman–Crippen MR) is 64.0 cm³/mol. The van der Waals surface area contributed by atoms with Gasteiger partial charge in [0.2, 0.25) is 0 Å². The van der Waals surface area contributed by atoms with Crippen LogP contribution in [0.2, 0.25) is 0 Å². The first-order valence-corrected chi connectivity index (χ1v) is 5.70. The van der Waals surface area contributed by atoms with E-state index in [-0.39, 0.29) is 23.7 Å². The van der Waals surface area contributed by atoms with Crippen LogP contribution in [0.15, 0.2) is 0 Å². The van der Waals surface area contributed by atoms with Gasteiger partial charge < -0.3 is 15.2 Å². The largest absolute Gasteiger partial charge is 0.392 e. The molecule has 0 aliphatic rings. The molecule has 0 heterocycles. The third-order valence-corrected chi connectivity index (χ3v) is 2.60. The average molecular weight is 217 g/mol. The van der Waals surface area contributed by atoms with Gasteiger partial charge in [0.05, 0.1) is 12.2 Å². The Morgan fingerprint density at radius 1 is 1.27 bits per heavy atom. The van der Waals surface area contributed by atoms with Crippen LogP contribution >= 0.6 is 0 Å². The van der Waals surface area contributed by atoms with Crippen LogP contribution in [0, 0.1) is 5.41 Å². The van der Waals surface area contributed by atoms with Gasteiger partial charge in [-0.3, -0.25) is 0 Å². The lowest BCUT2D eigenvalue weighted by molar-refractivity contribution is 0.0734. The topological polar surface area (TPSA) is 41.5 Å². The summed E-state index contributed by atoms with van der Waals surface area (Å²) in [5, 5.41) is 13.1. The van der Waals surface area contributed by atoms with E-state index in [1.165, 1.54) is 0 Å². The number of aliphatic hydroxyl groups is 1. The summed E-state index contributed by atoms with van der Waals surface area (Å²) in [6.07, 6.45) is 0.706. The van der Waals surface area contributed by atoms with E-state index in [1.54, 1.807) is 7.11 Å². The third kappa shape index (κ3) is 7.77. The van der Waals surface area contributed by atoms with Crippen LogP contribution in [0.3, 0.4) is 0 Å². The second-order valence-corrected chi connectivity index (χ2v) is 5.56. The molecule has 3 atom stereocenters. The number of nitrogens with one attached hydrogen (secondary N) is 1. The number of aliphatic hydroxyl groups excluding tert-OH is 1. The van der Waals surface area contributed by atoms with Gasteiger partial charge in [0.15, 0.2) is 0 Å². The minimum atomic E-state index is -0.281. The fourth-order valence-corrected chi connectivity index (χ4v) is 1.47. The van der Waals surface area contributed by atoms with Gasteiger partial charge in [-0.2, -0.15) is 0 Å². The number of hydrogen-bond donors (Lipinski definition) is 2. The van der Waals surface area contributed by atoms with E-state index < -0.39 is 0 Å². The van der Waals surface area contributed by atoms with Crippen LogP contribution in [0.5, 0.6) is 0 Å². The van der Waals surface area contributed by atoms with Crippen molar-refractivity contribution in [2.24, 2.45) is 5.41 Å². The third-order valence-electron chi connectivity index (χ3n) is 2.60. The number of ether oxygens (including phenoxy) is 1. The Morgan fingerprint density at radius 2 is 1.80 bits per heavy atom. The van der Waals surface area contributed by atoms with Crippen molar-refractivity contribution in [1.29, 1.82) is 0 Å². The Balaban J connectivity index is 3.76. The van der Waals surface area contributed by atoms with Gasteiger partial charge >= 0.3 is 0 Å².